The topological polar surface area (TPSA) is 53.4 Å². The van der Waals surface area contributed by atoms with Gasteiger partial charge in [-0.1, -0.05) is 0 Å². The molecule has 2 unspecified atom stereocenters. The van der Waals surface area contributed by atoms with Crippen LogP contribution in [-0.2, 0) is 4.79 Å². The number of hydrogen-bond donors (Lipinski definition) is 1. The fraction of sp³-hybridized carbons (Fsp3) is 0.692. The first-order valence-electron chi connectivity index (χ1n) is 6.68. The predicted octanol–water partition coefficient (Wildman–Crippen LogP) is 1.72. The molecule has 0 spiro atoms. The maximum Gasteiger partial charge on any atom is 0.255 e. The van der Waals surface area contributed by atoms with Crippen LogP contribution in [0.5, 0.6) is 0 Å². The summed E-state index contributed by atoms with van der Waals surface area (Å²) in [7, 11) is 0. The van der Waals surface area contributed by atoms with E-state index in [0.717, 1.165) is 30.1 Å². The van der Waals surface area contributed by atoms with E-state index in [9.17, 15) is 9.90 Å². The van der Waals surface area contributed by atoms with Crippen LogP contribution in [0.2, 0.25) is 0 Å². The smallest absolute Gasteiger partial charge is 0.255 e. The summed E-state index contributed by atoms with van der Waals surface area (Å²) in [4.78, 5) is 18.7. The molecule has 2 atom stereocenters. The molecule has 19 heavy (non-hydrogen) atoms. The highest BCUT2D eigenvalue weighted by Gasteiger charge is 2.43. The SMILES string of the molecule is O=C(N1CCCC(c2nccs2)C1)C1(O)CCSC1. The van der Waals surface area contributed by atoms with E-state index in [-0.39, 0.29) is 5.91 Å². The zero-order chi connectivity index (χ0) is 13.3. The van der Waals surface area contributed by atoms with E-state index in [4.69, 9.17) is 0 Å². The van der Waals surface area contributed by atoms with Crippen molar-refractivity contribution >= 4 is 29.0 Å². The van der Waals surface area contributed by atoms with Crippen LogP contribution in [0.4, 0.5) is 0 Å². The van der Waals surface area contributed by atoms with Gasteiger partial charge in [0, 0.05) is 36.3 Å². The van der Waals surface area contributed by atoms with Crippen molar-refractivity contribution in [2.24, 2.45) is 0 Å². The number of nitrogens with zero attached hydrogens (tertiary/aromatic N) is 2. The summed E-state index contributed by atoms with van der Waals surface area (Å²) in [5, 5.41) is 13.5. The molecule has 1 amide bonds. The lowest BCUT2D eigenvalue weighted by atomic mass is 9.95. The van der Waals surface area contributed by atoms with Crippen LogP contribution in [0, 0.1) is 0 Å². The number of rotatable bonds is 2. The molecule has 0 aliphatic carbocycles. The highest BCUT2D eigenvalue weighted by Crippen LogP contribution is 2.33. The van der Waals surface area contributed by atoms with Crippen LogP contribution in [0.25, 0.3) is 0 Å². The maximum atomic E-state index is 12.5. The van der Waals surface area contributed by atoms with Crippen molar-refractivity contribution in [3.05, 3.63) is 16.6 Å². The number of likely N-dealkylation sites (tertiary alicyclic amines) is 1. The standard InChI is InChI=1S/C13H18N2O2S2/c16-12(13(17)3-6-18-9-13)15-5-1-2-10(8-15)11-14-4-7-19-11/h4,7,10,17H,1-3,5-6,8-9H2. The van der Waals surface area contributed by atoms with Crippen molar-refractivity contribution in [3.8, 4) is 0 Å². The van der Waals surface area contributed by atoms with Crippen molar-refractivity contribution in [2.45, 2.75) is 30.8 Å². The summed E-state index contributed by atoms with van der Waals surface area (Å²) in [6, 6.07) is 0. The van der Waals surface area contributed by atoms with Gasteiger partial charge in [-0.2, -0.15) is 11.8 Å². The Morgan fingerprint density at radius 1 is 1.58 bits per heavy atom. The zero-order valence-corrected chi connectivity index (χ0v) is 12.4. The number of carbonyl (C=O) groups excluding carboxylic acids is 1. The van der Waals surface area contributed by atoms with E-state index in [1.807, 2.05) is 16.5 Å². The maximum absolute atomic E-state index is 12.5. The third kappa shape index (κ3) is 2.66. The number of aliphatic hydroxyl groups is 1. The van der Waals surface area contributed by atoms with E-state index in [2.05, 4.69) is 4.98 Å². The van der Waals surface area contributed by atoms with E-state index in [0.29, 0.717) is 24.6 Å². The largest absolute Gasteiger partial charge is 0.379 e. The number of carbonyl (C=O) groups is 1. The lowest BCUT2D eigenvalue weighted by Gasteiger charge is -2.36. The van der Waals surface area contributed by atoms with Gasteiger partial charge in [-0.15, -0.1) is 11.3 Å². The molecule has 0 radical (unpaired) electrons. The van der Waals surface area contributed by atoms with Crippen LogP contribution >= 0.6 is 23.1 Å². The second kappa shape index (κ2) is 5.42. The van der Waals surface area contributed by atoms with Crippen LogP contribution in [0.15, 0.2) is 11.6 Å². The minimum absolute atomic E-state index is 0.0706. The molecule has 0 saturated carbocycles. The van der Waals surface area contributed by atoms with Crippen LogP contribution in [0.1, 0.15) is 30.2 Å². The molecule has 0 aromatic carbocycles. The quantitative estimate of drug-likeness (QED) is 0.903. The summed E-state index contributed by atoms with van der Waals surface area (Å²) in [6.07, 6.45) is 4.50. The number of thioether (sulfide) groups is 1. The summed E-state index contributed by atoms with van der Waals surface area (Å²) >= 11 is 3.32. The van der Waals surface area contributed by atoms with Crippen molar-refractivity contribution in [3.63, 3.8) is 0 Å². The molecule has 2 aliphatic heterocycles. The monoisotopic (exact) mass is 298 g/mol. The first-order valence-corrected chi connectivity index (χ1v) is 8.71. The lowest BCUT2D eigenvalue weighted by Crippen LogP contribution is -2.52. The lowest BCUT2D eigenvalue weighted by molar-refractivity contribution is -0.150. The van der Waals surface area contributed by atoms with Gasteiger partial charge in [0.15, 0.2) is 5.60 Å². The Balaban J connectivity index is 1.69. The number of aromatic nitrogens is 1. The van der Waals surface area contributed by atoms with Crippen LogP contribution < -0.4 is 0 Å². The van der Waals surface area contributed by atoms with Crippen LogP contribution in [-0.4, -0.2) is 51.1 Å². The number of thiazole rings is 1. The molecular weight excluding hydrogens is 280 g/mol. The molecule has 4 nitrogen and oxygen atoms in total. The fourth-order valence-corrected chi connectivity index (χ4v) is 4.82. The molecule has 2 aliphatic rings. The van der Waals surface area contributed by atoms with Gasteiger partial charge in [-0.3, -0.25) is 4.79 Å². The molecule has 1 N–H and O–H groups in total. The predicted molar refractivity (Wildman–Crippen MR) is 77.6 cm³/mol. The Bertz CT molecular complexity index is 444. The highest BCUT2D eigenvalue weighted by atomic mass is 32.2. The Labute approximate surface area is 121 Å². The summed E-state index contributed by atoms with van der Waals surface area (Å²) in [6.45, 7) is 1.48. The average molecular weight is 298 g/mol. The zero-order valence-electron chi connectivity index (χ0n) is 10.7. The van der Waals surface area contributed by atoms with Gasteiger partial charge in [0.1, 0.15) is 0 Å². The molecule has 1 aromatic rings. The molecule has 1 aromatic heterocycles. The molecule has 2 fully saturated rings. The molecule has 3 rings (SSSR count). The van der Waals surface area contributed by atoms with Gasteiger partial charge in [-0.25, -0.2) is 4.98 Å². The van der Waals surface area contributed by atoms with Crippen molar-refractivity contribution < 1.29 is 9.90 Å². The molecular formula is C13H18N2O2S2. The summed E-state index contributed by atoms with van der Waals surface area (Å²) in [5.41, 5.74) is -1.12. The Kier molecular flexibility index (Phi) is 3.82. The second-order valence-electron chi connectivity index (χ2n) is 5.29. The molecule has 104 valence electrons. The fourth-order valence-electron chi connectivity index (χ4n) is 2.82. The summed E-state index contributed by atoms with van der Waals surface area (Å²) < 4.78 is 0. The normalized spacial score (nSPS) is 31.6. The van der Waals surface area contributed by atoms with Gasteiger partial charge < -0.3 is 10.0 Å². The number of piperidine rings is 1. The van der Waals surface area contributed by atoms with Gasteiger partial charge in [0.25, 0.3) is 5.91 Å². The number of hydrogen-bond acceptors (Lipinski definition) is 5. The Hall–Kier alpha value is -0.590. The van der Waals surface area contributed by atoms with Gasteiger partial charge >= 0.3 is 0 Å². The van der Waals surface area contributed by atoms with E-state index in [1.165, 1.54) is 0 Å². The third-order valence-corrected chi connectivity index (χ3v) is 6.02. The van der Waals surface area contributed by atoms with Gasteiger partial charge in [-0.05, 0) is 25.0 Å². The molecule has 3 heterocycles. The minimum Gasteiger partial charge on any atom is -0.379 e. The first kappa shape index (κ1) is 13.4. The van der Waals surface area contributed by atoms with Crippen LogP contribution in [0.3, 0.4) is 0 Å². The minimum atomic E-state index is -1.12. The van der Waals surface area contributed by atoms with Crippen molar-refractivity contribution in [2.75, 3.05) is 24.6 Å². The number of amides is 1. The Morgan fingerprint density at radius 3 is 3.16 bits per heavy atom. The van der Waals surface area contributed by atoms with Gasteiger partial charge in [0.2, 0.25) is 0 Å². The molecule has 2 saturated heterocycles. The molecule has 0 bridgehead atoms. The van der Waals surface area contributed by atoms with Crippen molar-refractivity contribution in [1.82, 2.24) is 9.88 Å². The first-order chi connectivity index (χ1) is 9.19. The Morgan fingerprint density at radius 2 is 2.47 bits per heavy atom. The second-order valence-corrected chi connectivity index (χ2v) is 7.33. The highest BCUT2D eigenvalue weighted by molar-refractivity contribution is 7.99. The van der Waals surface area contributed by atoms with E-state index < -0.39 is 5.60 Å². The van der Waals surface area contributed by atoms with Crippen molar-refractivity contribution in [1.29, 1.82) is 0 Å². The third-order valence-electron chi connectivity index (χ3n) is 3.91. The van der Waals surface area contributed by atoms with E-state index >= 15 is 0 Å². The van der Waals surface area contributed by atoms with Gasteiger partial charge in [0.05, 0.1) is 5.01 Å². The van der Waals surface area contributed by atoms with E-state index in [1.54, 1.807) is 23.1 Å². The summed E-state index contributed by atoms with van der Waals surface area (Å²) in [5.74, 6) is 1.70. The average Bonchev–Trinajstić information content (AvgIpc) is 3.10. The molecule has 6 heteroatoms.